The lowest BCUT2D eigenvalue weighted by Crippen LogP contribution is -2.11. The second-order valence-electron chi connectivity index (χ2n) is 5.97. The van der Waals surface area contributed by atoms with E-state index < -0.39 is 0 Å². The summed E-state index contributed by atoms with van der Waals surface area (Å²) in [7, 11) is 0. The molecule has 5 nitrogen and oxygen atoms in total. The fourth-order valence-corrected chi connectivity index (χ4v) is 3.21. The van der Waals surface area contributed by atoms with Gasteiger partial charge in [0, 0.05) is 27.0 Å². The van der Waals surface area contributed by atoms with Crippen LogP contribution in [-0.2, 0) is 0 Å². The van der Waals surface area contributed by atoms with Crippen LogP contribution < -0.4 is 5.32 Å². The van der Waals surface area contributed by atoms with E-state index in [1.807, 2.05) is 55.5 Å². The summed E-state index contributed by atoms with van der Waals surface area (Å²) in [4.78, 5) is 17.9. The summed E-state index contributed by atoms with van der Waals surface area (Å²) in [5.74, 6) is 1.23. The van der Waals surface area contributed by atoms with Crippen molar-refractivity contribution in [3.63, 3.8) is 0 Å². The van der Waals surface area contributed by atoms with Gasteiger partial charge in [0.05, 0.1) is 0 Å². The molecule has 0 saturated carbocycles. The van der Waals surface area contributed by atoms with E-state index in [1.165, 1.54) is 0 Å². The summed E-state index contributed by atoms with van der Waals surface area (Å²) in [6.07, 6.45) is 0. The van der Waals surface area contributed by atoms with Crippen molar-refractivity contribution in [2.75, 3.05) is 5.32 Å². The zero-order chi connectivity index (χ0) is 17.8. The summed E-state index contributed by atoms with van der Waals surface area (Å²) in [6, 6.07) is 15.2. The molecule has 0 bridgehead atoms. The van der Waals surface area contributed by atoms with Crippen LogP contribution in [-0.4, -0.2) is 26.3 Å². The van der Waals surface area contributed by atoms with Crippen LogP contribution in [0, 0.1) is 6.92 Å². The highest BCUT2D eigenvalue weighted by Crippen LogP contribution is 2.24. The van der Waals surface area contributed by atoms with E-state index >= 15 is 0 Å². The van der Waals surface area contributed by atoms with Gasteiger partial charge in [-0.3, -0.25) is 9.89 Å². The summed E-state index contributed by atoms with van der Waals surface area (Å²) in [5.41, 5.74) is 2.20. The van der Waals surface area contributed by atoms with Gasteiger partial charge in [0.2, 0.25) is 0 Å². The van der Waals surface area contributed by atoms with Crippen molar-refractivity contribution in [2.24, 2.45) is 0 Å². The Morgan fingerprint density at radius 3 is 2.56 bits per heavy atom. The van der Waals surface area contributed by atoms with Gasteiger partial charge in [0.25, 0.3) is 5.91 Å². The number of H-pyrrole nitrogens is 1. The zero-order valence-electron chi connectivity index (χ0n) is 14.4. The maximum Gasteiger partial charge on any atom is 0.255 e. The van der Waals surface area contributed by atoms with Crippen LogP contribution >= 0.6 is 11.8 Å². The summed E-state index contributed by atoms with van der Waals surface area (Å²) >= 11 is 1.78. The van der Waals surface area contributed by atoms with E-state index in [1.54, 1.807) is 11.8 Å². The molecule has 0 aliphatic heterocycles. The van der Waals surface area contributed by atoms with Gasteiger partial charge >= 0.3 is 0 Å². The fourth-order valence-electron chi connectivity index (χ4n) is 2.37. The molecule has 1 amide bonds. The first-order valence-corrected chi connectivity index (χ1v) is 8.97. The molecule has 0 aliphatic carbocycles. The average Bonchev–Trinajstić information content (AvgIpc) is 3.02. The van der Waals surface area contributed by atoms with Crippen LogP contribution in [0.2, 0.25) is 0 Å². The van der Waals surface area contributed by atoms with E-state index in [2.05, 4.69) is 34.3 Å². The van der Waals surface area contributed by atoms with Gasteiger partial charge in [0.1, 0.15) is 5.82 Å². The molecule has 3 rings (SSSR count). The van der Waals surface area contributed by atoms with Gasteiger partial charge in [-0.05, 0) is 43.3 Å². The molecule has 6 heteroatoms. The number of nitrogens with one attached hydrogen (secondary N) is 2. The Morgan fingerprint density at radius 1 is 1.16 bits per heavy atom. The summed E-state index contributed by atoms with van der Waals surface area (Å²) in [5, 5.41) is 10.4. The van der Waals surface area contributed by atoms with Gasteiger partial charge in [0.15, 0.2) is 5.82 Å². The minimum Gasteiger partial charge on any atom is -0.322 e. The van der Waals surface area contributed by atoms with Gasteiger partial charge in [-0.15, -0.1) is 11.8 Å². The van der Waals surface area contributed by atoms with Gasteiger partial charge in [-0.1, -0.05) is 26.0 Å². The van der Waals surface area contributed by atoms with Crippen molar-refractivity contribution in [1.82, 2.24) is 15.2 Å². The molecule has 25 heavy (non-hydrogen) atoms. The van der Waals surface area contributed by atoms with Crippen molar-refractivity contribution in [1.29, 1.82) is 0 Å². The number of benzene rings is 2. The van der Waals surface area contributed by atoms with Crippen molar-refractivity contribution in [2.45, 2.75) is 30.9 Å². The first-order valence-electron chi connectivity index (χ1n) is 8.09. The number of hydrogen-bond donors (Lipinski definition) is 2. The molecule has 2 aromatic carbocycles. The fraction of sp³-hybridized carbons (Fsp3) is 0.211. The standard InChI is InChI=1S/C19H20N4OS/c1-12(2)25-17-9-7-14(8-10-17)19(24)21-16-6-4-5-15(11-16)18-20-13(3)22-23-18/h4-12H,1-3H3,(H,21,24)(H,20,22,23). The zero-order valence-corrected chi connectivity index (χ0v) is 15.2. The molecule has 1 heterocycles. The van der Waals surface area contributed by atoms with E-state index in [-0.39, 0.29) is 5.91 Å². The summed E-state index contributed by atoms with van der Waals surface area (Å²) < 4.78 is 0. The maximum absolute atomic E-state index is 12.4. The first kappa shape index (κ1) is 17.2. The SMILES string of the molecule is Cc1nc(-c2cccc(NC(=O)c3ccc(SC(C)C)cc3)c2)n[nH]1. The Bertz CT molecular complexity index is 871. The number of aromatic nitrogens is 3. The highest BCUT2D eigenvalue weighted by Gasteiger charge is 2.09. The minimum absolute atomic E-state index is 0.135. The lowest BCUT2D eigenvalue weighted by molar-refractivity contribution is 0.102. The quantitative estimate of drug-likeness (QED) is 0.662. The van der Waals surface area contributed by atoms with E-state index in [9.17, 15) is 4.79 Å². The number of aromatic amines is 1. The number of rotatable bonds is 5. The van der Waals surface area contributed by atoms with Crippen molar-refractivity contribution in [3.05, 3.63) is 59.9 Å². The molecule has 0 unspecified atom stereocenters. The van der Waals surface area contributed by atoms with Crippen molar-refractivity contribution < 1.29 is 4.79 Å². The van der Waals surface area contributed by atoms with E-state index in [4.69, 9.17) is 0 Å². The topological polar surface area (TPSA) is 70.7 Å². The Hall–Kier alpha value is -2.60. The lowest BCUT2D eigenvalue weighted by Gasteiger charge is -2.08. The Labute approximate surface area is 151 Å². The predicted octanol–water partition coefficient (Wildman–Crippen LogP) is 4.53. The second-order valence-corrected chi connectivity index (χ2v) is 7.62. The van der Waals surface area contributed by atoms with E-state index in [0.29, 0.717) is 22.3 Å². The maximum atomic E-state index is 12.4. The third kappa shape index (κ3) is 4.48. The van der Waals surface area contributed by atoms with Crippen LogP contribution in [0.15, 0.2) is 53.4 Å². The number of anilines is 1. The monoisotopic (exact) mass is 352 g/mol. The normalized spacial score (nSPS) is 10.9. The van der Waals surface area contributed by atoms with E-state index in [0.717, 1.165) is 16.3 Å². The lowest BCUT2D eigenvalue weighted by atomic mass is 10.1. The van der Waals surface area contributed by atoms with Crippen molar-refractivity contribution >= 4 is 23.4 Å². The second kappa shape index (κ2) is 7.53. The van der Waals surface area contributed by atoms with Crippen LogP contribution in [0.5, 0.6) is 0 Å². The summed E-state index contributed by atoms with van der Waals surface area (Å²) in [6.45, 7) is 6.14. The number of aryl methyl sites for hydroxylation is 1. The molecule has 3 aromatic rings. The smallest absolute Gasteiger partial charge is 0.255 e. The molecule has 0 fully saturated rings. The van der Waals surface area contributed by atoms with Crippen LogP contribution in [0.4, 0.5) is 5.69 Å². The third-order valence-corrected chi connectivity index (χ3v) is 4.48. The highest BCUT2D eigenvalue weighted by molar-refractivity contribution is 7.99. The van der Waals surface area contributed by atoms with Crippen LogP contribution in [0.25, 0.3) is 11.4 Å². The number of thioether (sulfide) groups is 1. The van der Waals surface area contributed by atoms with Crippen LogP contribution in [0.3, 0.4) is 0 Å². The molecule has 128 valence electrons. The molecule has 0 saturated heterocycles. The Morgan fingerprint density at radius 2 is 1.92 bits per heavy atom. The Balaban J connectivity index is 1.72. The molecular formula is C19H20N4OS. The third-order valence-electron chi connectivity index (χ3n) is 3.46. The average molecular weight is 352 g/mol. The first-order chi connectivity index (χ1) is 12.0. The minimum atomic E-state index is -0.135. The van der Waals surface area contributed by atoms with Gasteiger partial charge in [-0.2, -0.15) is 5.10 Å². The molecule has 0 atom stereocenters. The van der Waals surface area contributed by atoms with Crippen molar-refractivity contribution in [3.8, 4) is 11.4 Å². The highest BCUT2D eigenvalue weighted by atomic mass is 32.2. The molecule has 1 aromatic heterocycles. The molecule has 0 aliphatic rings. The number of carbonyl (C=O) groups is 1. The number of hydrogen-bond acceptors (Lipinski definition) is 4. The number of amides is 1. The molecule has 0 radical (unpaired) electrons. The molecule has 2 N–H and O–H groups in total. The van der Waals surface area contributed by atoms with Gasteiger partial charge < -0.3 is 5.32 Å². The van der Waals surface area contributed by atoms with Crippen LogP contribution in [0.1, 0.15) is 30.0 Å². The Kier molecular flexibility index (Phi) is 5.19. The number of nitrogens with zero attached hydrogens (tertiary/aromatic N) is 2. The number of carbonyl (C=O) groups excluding carboxylic acids is 1. The molecule has 0 spiro atoms. The van der Waals surface area contributed by atoms with Gasteiger partial charge in [-0.25, -0.2) is 4.98 Å². The molecular weight excluding hydrogens is 332 g/mol. The predicted molar refractivity (Wildman–Crippen MR) is 102 cm³/mol. The largest absolute Gasteiger partial charge is 0.322 e.